The molecule has 0 aromatic carbocycles. The first kappa shape index (κ1) is 19.8. The topological polar surface area (TPSA) is 44.7 Å². The molecule has 0 saturated carbocycles. The van der Waals surface area contributed by atoms with Crippen LogP contribution in [0.15, 0.2) is 0 Å². The number of rotatable bonds is 15. The van der Waals surface area contributed by atoms with Crippen LogP contribution in [0.5, 0.6) is 0 Å². The Morgan fingerprint density at radius 2 is 1.60 bits per heavy atom. The second kappa shape index (κ2) is 15.2. The highest BCUT2D eigenvalue weighted by Crippen LogP contribution is 2.09. The summed E-state index contributed by atoms with van der Waals surface area (Å²) in [7, 11) is 3.57. The lowest BCUT2D eigenvalue weighted by Crippen LogP contribution is -2.27. The number of unbranched alkanes of at least 4 members (excludes halogenated alkanes) is 5. The maximum Gasteiger partial charge on any atom is 0.154 e. The average Bonchev–Trinajstić information content (AvgIpc) is 2.47. The highest BCUT2D eigenvalue weighted by atomic mass is 16.6. The maximum absolute atomic E-state index is 9.24. The van der Waals surface area contributed by atoms with Crippen LogP contribution in [-0.2, 0) is 4.74 Å². The van der Waals surface area contributed by atoms with Gasteiger partial charge in [-0.2, -0.15) is 0 Å². The number of hydrogen-bond acceptors (Lipinski definition) is 4. The van der Waals surface area contributed by atoms with Crippen LogP contribution >= 0.6 is 0 Å². The van der Waals surface area contributed by atoms with Crippen molar-refractivity contribution in [2.45, 2.75) is 64.6 Å². The normalized spacial score (nSPS) is 13.1. The minimum absolute atomic E-state index is 0.564. The Balaban J connectivity index is 3.28. The van der Waals surface area contributed by atoms with Gasteiger partial charge in [-0.1, -0.05) is 32.6 Å². The van der Waals surface area contributed by atoms with Crippen molar-refractivity contribution >= 4 is 0 Å². The standard InChI is InChI=1S/C16H36N2O2/c1-4-18(15-11-13-17-2)14-10-8-6-5-7-9-12-16(19)20-3/h16-17,19H,4-15H2,1-3H3. The molecule has 20 heavy (non-hydrogen) atoms. The van der Waals surface area contributed by atoms with Crippen molar-refractivity contribution in [3.8, 4) is 0 Å². The molecule has 4 heteroatoms. The zero-order valence-electron chi connectivity index (χ0n) is 13.9. The summed E-state index contributed by atoms with van der Waals surface area (Å²) in [5.74, 6) is 0. The van der Waals surface area contributed by atoms with Gasteiger partial charge in [0.05, 0.1) is 0 Å². The Morgan fingerprint density at radius 1 is 1.00 bits per heavy atom. The van der Waals surface area contributed by atoms with E-state index in [4.69, 9.17) is 4.74 Å². The second-order valence-electron chi connectivity index (χ2n) is 5.49. The summed E-state index contributed by atoms with van der Waals surface area (Å²) < 4.78 is 4.82. The van der Waals surface area contributed by atoms with E-state index in [1.165, 1.54) is 58.2 Å². The molecule has 0 rings (SSSR count). The van der Waals surface area contributed by atoms with Crippen molar-refractivity contribution in [1.82, 2.24) is 10.2 Å². The summed E-state index contributed by atoms with van der Waals surface area (Å²) in [4.78, 5) is 2.55. The van der Waals surface area contributed by atoms with Gasteiger partial charge in [-0.15, -0.1) is 0 Å². The first-order valence-corrected chi connectivity index (χ1v) is 8.32. The Kier molecular flexibility index (Phi) is 15.1. The molecule has 0 radical (unpaired) electrons. The van der Waals surface area contributed by atoms with E-state index in [1.54, 1.807) is 7.11 Å². The minimum atomic E-state index is -0.564. The Bertz CT molecular complexity index is 191. The highest BCUT2D eigenvalue weighted by Gasteiger charge is 2.02. The molecular weight excluding hydrogens is 252 g/mol. The molecular formula is C16H36N2O2. The van der Waals surface area contributed by atoms with E-state index in [9.17, 15) is 5.11 Å². The largest absolute Gasteiger partial charge is 0.368 e. The Hall–Kier alpha value is -0.160. The smallest absolute Gasteiger partial charge is 0.154 e. The third kappa shape index (κ3) is 12.9. The molecule has 0 aromatic heterocycles. The lowest BCUT2D eigenvalue weighted by Gasteiger charge is -2.20. The van der Waals surface area contributed by atoms with Gasteiger partial charge in [0.25, 0.3) is 0 Å². The summed E-state index contributed by atoms with van der Waals surface area (Å²) in [6, 6.07) is 0. The van der Waals surface area contributed by atoms with E-state index in [2.05, 4.69) is 17.1 Å². The van der Waals surface area contributed by atoms with Crippen LogP contribution in [0, 0.1) is 0 Å². The van der Waals surface area contributed by atoms with Gasteiger partial charge < -0.3 is 20.1 Å². The van der Waals surface area contributed by atoms with E-state index < -0.39 is 6.29 Å². The molecule has 2 N–H and O–H groups in total. The van der Waals surface area contributed by atoms with Gasteiger partial charge in [0.1, 0.15) is 0 Å². The number of nitrogens with one attached hydrogen (secondary N) is 1. The van der Waals surface area contributed by atoms with E-state index >= 15 is 0 Å². The fourth-order valence-corrected chi connectivity index (χ4v) is 2.39. The van der Waals surface area contributed by atoms with Crippen molar-refractivity contribution in [2.75, 3.05) is 40.3 Å². The lowest BCUT2D eigenvalue weighted by atomic mass is 10.1. The molecule has 0 bridgehead atoms. The van der Waals surface area contributed by atoms with E-state index in [-0.39, 0.29) is 0 Å². The predicted molar refractivity (Wildman–Crippen MR) is 86.0 cm³/mol. The fourth-order valence-electron chi connectivity index (χ4n) is 2.39. The molecule has 0 saturated heterocycles. The quantitative estimate of drug-likeness (QED) is 0.359. The van der Waals surface area contributed by atoms with Gasteiger partial charge in [0.15, 0.2) is 6.29 Å². The van der Waals surface area contributed by atoms with Crippen molar-refractivity contribution in [1.29, 1.82) is 0 Å². The van der Waals surface area contributed by atoms with Crippen molar-refractivity contribution in [3.63, 3.8) is 0 Å². The Morgan fingerprint density at radius 3 is 2.20 bits per heavy atom. The summed E-state index contributed by atoms with van der Waals surface area (Å²) in [5.41, 5.74) is 0. The SMILES string of the molecule is CCN(CCCCCCCCC(O)OC)CCCNC. The van der Waals surface area contributed by atoms with Gasteiger partial charge in [0.2, 0.25) is 0 Å². The molecule has 0 spiro atoms. The monoisotopic (exact) mass is 288 g/mol. The molecule has 0 aromatic rings. The number of methoxy groups -OCH3 is 1. The van der Waals surface area contributed by atoms with Crippen LogP contribution in [0.2, 0.25) is 0 Å². The number of aliphatic hydroxyl groups excluding tert-OH is 1. The third-order valence-corrected chi connectivity index (χ3v) is 3.80. The number of nitrogens with zero attached hydrogens (tertiary/aromatic N) is 1. The molecule has 0 aliphatic rings. The van der Waals surface area contributed by atoms with Crippen LogP contribution < -0.4 is 5.32 Å². The first-order chi connectivity index (χ1) is 9.74. The van der Waals surface area contributed by atoms with Gasteiger partial charge >= 0.3 is 0 Å². The molecule has 0 fully saturated rings. The van der Waals surface area contributed by atoms with E-state index in [0.717, 1.165) is 19.4 Å². The zero-order chi connectivity index (χ0) is 15.1. The van der Waals surface area contributed by atoms with Crippen molar-refractivity contribution < 1.29 is 9.84 Å². The number of aliphatic hydroxyl groups is 1. The minimum Gasteiger partial charge on any atom is -0.368 e. The summed E-state index contributed by atoms with van der Waals surface area (Å²) in [5, 5.41) is 12.4. The Labute approximate surface area is 125 Å². The fraction of sp³-hybridized carbons (Fsp3) is 1.00. The molecule has 1 atom stereocenters. The molecule has 0 aliphatic heterocycles. The van der Waals surface area contributed by atoms with Crippen LogP contribution in [-0.4, -0.2) is 56.6 Å². The predicted octanol–water partition coefficient (Wildman–Crippen LogP) is 2.61. The van der Waals surface area contributed by atoms with Crippen LogP contribution in [0.1, 0.15) is 58.3 Å². The summed E-state index contributed by atoms with van der Waals surface area (Å²) >= 11 is 0. The molecule has 1 unspecified atom stereocenters. The first-order valence-electron chi connectivity index (χ1n) is 8.32. The van der Waals surface area contributed by atoms with Crippen LogP contribution in [0.25, 0.3) is 0 Å². The van der Waals surface area contributed by atoms with Crippen molar-refractivity contribution in [3.05, 3.63) is 0 Å². The molecule has 122 valence electrons. The average molecular weight is 288 g/mol. The molecule has 4 nitrogen and oxygen atoms in total. The van der Waals surface area contributed by atoms with E-state index in [1.807, 2.05) is 7.05 Å². The van der Waals surface area contributed by atoms with Gasteiger partial charge in [-0.05, 0) is 58.9 Å². The van der Waals surface area contributed by atoms with Gasteiger partial charge in [-0.3, -0.25) is 0 Å². The second-order valence-corrected chi connectivity index (χ2v) is 5.49. The van der Waals surface area contributed by atoms with Crippen LogP contribution in [0.4, 0.5) is 0 Å². The molecule has 0 heterocycles. The third-order valence-electron chi connectivity index (χ3n) is 3.80. The highest BCUT2D eigenvalue weighted by molar-refractivity contribution is 4.57. The molecule has 0 amide bonds. The lowest BCUT2D eigenvalue weighted by molar-refractivity contribution is -0.0793. The number of ether oxygens (including phenoxy) is 1. The van der Waals surface area contributed by atoms with Gasteiger partial charge in [-0.25, -0.2) is 0 Å². The number of hydrogen-bond donors (Lipinski definition) is 2. The van der Waals surface area contributed by atoms with Gasteiger partial charge in [0, 0.05) is 7.11 Å². The zero-order valence-corrected chi connectivity index (χ0v) is 13.9. The maximum atomic E-state index is 9.24. The van der Waals surface area contributed by atoms with Crippen LogP contribution in [0.3, 0.4) is 0 Å². The van der Waals surface area contributed by atoms with E-state index in [0.29, 0.717) is 0 Å². The van der Waals surface area contributed by atoms with Crippen molar-refractivity contribution in [2.24, 2.45) is 0 Å². The molecule has 0 aliphatic carbocycles. The summed E-state index contributed by atoms with van der Waals surface area (Å²) in [6.07, 6.45) is 8.96. The summed E-state index contributed by atoms with van der Waals surface area (Å²) in [6.45, 7) is 6.98.